The van der Waals surface area contributed by atoms with Crippen molar-refractivity contribution in [1.29, 1.82) is 0 Å². The molecule has 2 rings (SSSR count). The normalized spacial score (nSPS) is 28.4. The van der Waals surface area contributed by atoms with Crippen molar-refractivity contribution in [3.8, 4) is 0 Å². The maximum absolute atomic E-state index is 3.60. The molecule has 0 aromatic rings. The maximum atomic E-state index is 3.60. The Morgan fingerprint density at radius 3 is 1.95 bits per heavy atom. The molecule has 0 aliphatic heterocycles. The standard InChI is InChI=1S/C16H28N3.Hf/c1-17(2)15(14-10-7-8-11-14)12-9-13-16(15,18(3)4)19(5)6;/h7,10H,8-9,12-13H2,1-6H3;/q-1;. The minimum atomic E-state index is 0. The molecular formula is C16H28HfN3-. The summed E-state index contributed by atoms with van der Waals surface area (Å²) in [5.41, 5.74) is 1.44. The summed E-state index contributed by atoms with van der Waals surface area (Å²) in [6.45, 7) is 0. The van der Waals surface area contributed by atoms with Crippen molar-refractivity contribution < 1.29 is 25.8 Å². The molecule has 0 saturated heterocycles. The molecule has 0 heterocycles. The van der Waals surface area contributed by atoms with Crippen LogP contribution in [0.25, 0.3) is 0 Å². The maximum Gasteiger partial charge on any atom is 0.0929 e. The summed E-state index contributed by atoms with van der Waals surface area (Å²) < 4.78 is 0. The van der Waals surface area contributed by atoms with Gasteiger partial charge in [-0.3, -0.25) is 20.8 Å². The molecule has 2 aliphatic carbocycles. The Labute approximate surface area is 143 Å². The van der Waals surface area contributed by atoms with Crippen LogP contribution in [0.5, 0.6) is 0 Å². The molecule has 1 unspecified atom stereocenters. The van der Waals surface area contributed by atoms with E-state index in [1.165, 1.54) is 24.8 Å². The number of nitrogens with zero attached hydrogens (tertiary/aromatic N) is 3. The van der Waals surface area contributed by atoms with Crippen molar-refractivity contribution in [3.63, 3.8) is 0 Å². The number of allylic oxidation sites excluding steroid dienone is 2. The van der Waals surface area contributed by atoms with E-state index in [1.807, 2.05) is 0 Å². The summed E-state index contributed by atoms with van der Waals surface area (Å²) in [7, 11) is 13.3. The second-order valence-corrected chi connectivity index (χ2v) is 6.41. The van der Waals surface area contributed by atoms with Crippen molar-refractivity contribution >= 4 is 0 Å². The summed E-state index contributed by atoms with van der Waals surface area (Å²) in [6, 6.07) is 0. The van der Waals surface area contributed by atoms with Gasteiger partial charge in [-0.2, -0.15) is 6.08 Å². The van der Waals surface area contributed by atoms with Gasteiger partial charge in [0.1, 0.15) is 0 Å². The van der Waals surface area contributed by atoms with Gasteiger partial charge in [0, 0.05) is 31.4 Å². The Morgan fingerprint density at radius 2 is 1.55 bits per heavy atom. The van der Waals surface area contributed by atoms with Crippen LogP contribution in [-0.4, -0.2) is 68.2 Å². The van der Waals surface area contributed by atoms with Gasteiger partial charge in [-0.1, -0.05) is 0 Å². The van der Waals surface area contributed by atoms with Gasteiger partial charge in [0.15, 0.2) is 0 Å². The van der Waals surface area contributed by atoms with Crippen LogP contribution < -0.4 is 0 Å². The molecule has 4 heteroatoms. The van der Waals surface area contributed by atoms with E-state index in [-0.39, 0.29) is 37.0 Å². The summed E-state index contributed by atoms with van der Waals surface area (Å²) in [5.74, 6) is 0. The van der Waals surface area contributed by atoms with Gasteiger partial charge in [0.25, 0.3) is 0 Å². The molecule has 3 nitrogen and oxygen atoms in total. The Morgan fingerprint density at radius 1 is 0.950 bits per heavy atom. The monoisotopic (exact) mass is 442 g/mol. The van der Waals surface area contributed by atoms with Crippen LogP contribution in [0.15, 0.2) is 17.7 Å². The SMILES string of the molecule is CN(C)C1(C2=[C-]CC=C2)CCCC1(N(C)C)N(C)C.[Hf]. The first-order valence-electron chi connectivity index (χ1n) is 7.20. The number of hydrogen-bond donors (Lipinski definition) is 0. The minimum absolute atomic E-state index is 0. The quantitative estimate of drug-likeness (QED) is 0.376. The average Bonchev–Trinajstić information content (AvgIpc) is 2.96. The second kappa shape index (κ2) is 6.55. The zero-order valence-corrected chi connectivity index (χ0v) is 17.4. The van der Waals surface area contributed by atoms with Gasteiger partial charge < -0.3 is 0 Å². The van der Waals surface area contributed by atoms with E-state index in [0.29, 0.717) is 0 Å². The summed E-state index contributed by atoms with van der Waals surface area (Å²) in [5, 5.41) is 0. The Bertz CT molecular complexity index is 391. The topological polar surface area (TPSA) is 9.72 Å². The third kappa shape index (κ3) is 2.33. The molecule has 2 aliphatic rings. The fourth-order valence-electron chi connectivity index (χ4n) is 4.45. The minimum Gasteiger partial charge on any atom is -0.300 e. The number of likely N-dealkylation sites (N-methyl/N-ethyl adjacent to an activating group) is 3. The smallest absolute Gasteiger partial charge is 0.0929 e. The van der Waals surface area contributed by atoms with Gasteiger partial charge in [0.05, 0.1) is 5.66 Å². The number of rotatable bonds is 4. The molecule has 0 aromatic carbocycles. The molecule has 0 aromatic heterocycles. The van der Waals surface area contributed by atoms with E-state index < -0.39 is 0 Å². The van der Waals surface area contributed by atoms with Gasteiger partial charge in [-0.15, -0.1) is 6.42 Å². The van der Waals surface area contributed by atoms with Crippen molar-refractivity contribution in [2.75, 3.05) is 42.3 Å². The first kappa shape index (κ1) is 18.3. The number of hydrogen-bond acceptors (Lipinski definition) is 3. The van der Waals surface area contributed by atoms with Crippen molar-refractivity contribution in [2.24, 2.45) is 0 Å². The van der Waals surface area contributed by atoms with Crippen molar-refractivity contribution in [1.82, 2.24) is 14.7 Å². The van der Waals surface area contributed by atoms with E-state index >= 15 is 0 Å². The molecule has 0 amide bonds. The zero-order chi connectivity index (χ0) is 14.3. The molecule has 0 spiro atoms. The molecule has 0 radical (unpaired) electrons. The van der Waals surface area contributed by atoms with E-state index in [0.717, 1.165) is 6.42 Å². The molecule has 1 fully saturated rings. The fraction of sp³-hybridized carbons (Fsp3) is 0.750. The Hall–Kier alpha value is 0.230. The predicted octanol–water partition coefficient (Wildman–Crippen LogP) is 1.98. The van der Waals surface area contributed by atoms with Gasteiger partial charge in [-0.05, 0) is 61.5 Å². The Kier molecular flexibility index (Phi) is 5.99. The molecule has 1 atom stereocenters. The third-order valence-electron chi connectivity index (χ3n) is 5.11. The second-order valence-electron chi connectivity index (χ2n) is 6.41. The molecule has 20 heavy (non-hydrogen) atoms. The predicted molar refractivity (Wildman–Crippen MR) is 80.9 cm³/mol. The largest absolute Gasteiger partial charge is 0.300 e. The van der Waals surface area contributed by atoms with Crippen molar-refractivity contribution in [2.45, 2.75) is 36.9 Å². The van der Waals surface area contributed by atoms with Gasteiger partial charge in [-0.25, -0.2) is 11.6 Å². The van der Waals surface area contributed by atoms with Crippen LogP contribution in [0.3, 0.4) is 0 Å². The average molecular weight is 441 g/mol. The van der Waals surface area contributed by atoms with E-state index in [9.17, 15) is 0 Å². The molecule has 0 N–H and O–H groups in total. The summed E-state index contributed by atoms with van der Waals surface area (Å²) in [4.78, 5) is 7.22. The first-order chi connectivity index (χ1) is 8.89. The molecule has 1 saturated carbocycles. The van der Waals surface area contributed by atoms with Crippen LogP contribution in [0.2, 0.25) is 0 Å². The van der Waals surface area contributed by atoms with Crippen LogP contribution in [-0.2, 0) is 25.8 Å². The third-order valence-corrected chi connectivity index (χ3v) is 5.11. The van der Waals surface area contributed by atoms with E-state index in [2.05, 4.69) is 75.2 Å². The fourth-order valence-corrected chi connectivity index (χ4v) is 4.45. The van der Waals surface area contributed by atoms with Crippen LogP contribution >= 0.6 is 0 Å². The Balaban J connectivity index is 0.00000200. The van der Waals surface area contributed by atoms with Crippen LogP contribution in [0, 0.1) is 6.08 Å². The summed E-state index contributed by atoms with van der Waals surface area (Å²) in [6.07, 6.45) is 12.7. The van der Waals surface area contributed by atoms with E-state index in [1.54, 1.807) is 0 Å². The molecule has 112 valence electrons. The zero-order valence-electron chi connectivity index (χ0n) is 13.8. The van der Waals surface area contributed by atoms with E-state index in [4.69, 9.17) is 0 Å². The summed E-state index contributed by atoms with van der Waals surface area (Å²) >= 11 is 0. The van der Waals surface area contributed by atoms with Gasteiger partial charge in [0.2, 0.25) is 0 Å². The van der Waals surface area contributed by atoms with Gasteiger partial charge >= 0.3 is 0 Å². The first-order valence-corrected chi connectivity index (χ1v) is 7.20. The van der Waals surface area contributed by atoms with Crippen LogP contribution in [0.1, 0.15) is 25.7 Å². The molecular weight excluding hydrogens is 413 g/mol. The van der Waals surface area contributed by atoms with Crippen LogP contribution in [0.4, 0.5) is 0 Å². The van der Waals surface area contributed by atoms with Crippen molar-refractivity contribution in [3.05, 3.63) is 23.8 Å². The molecule has 0 bridgehead atoms.